The van der Waals surface area contributed by atoms with Crippen LogP contribution in [0, 0.1) is 0 Å². The van der Waals surface area contributed by atoms with E-state index in [0.29, 0.717) is 0 Å². The smallest absolute Gasteiger partial charge is 0.0542 e. The monoisotopic (exact) mass is 836 g/mol. The van der Waals surface area contributed by atoms with Gasteiger partial charge in [0.15, 0.2) is 0 Å². The quantitative estimate of drug-likeness (QED) is 0.144. The van der Waals surface area contributed by atoms with Crippen LogP contribution in [0.1, 0.15) is 18.4 Å². The minimum Gasteiger partial charge on any atom is -0.337 e. The molecule has 1 aromatic heterocycles. The normalized spacial score (nSPS) is 15.0. The Hall–Kier alpha value is -8.34. The van der Waals surface area contributed by atoms with Gasteiger partial charge >= 0.3 is 0 Å². The molecule has 1 aliphatic rings. The molecule has 1 unspecified atom stereocenters. The summed E-state index contributed by atoms with van der Waals surface area (Å²) in [6.45, 7) is 3.05. The third-order valence-electron chi connectivity index (χ3n) is 12.6. The molecule has 9 aromatic carbocycles. The summed E-state index contributed by atoms with van der Waals surface area (Å²) in [4.78, 5) is 7.15. The van der Waals surface area contributed by atoms with Crippen LogP contribution in [0.3, 0.4) is 0 Å². The van der Waals surface area contributed by atoms with Gasteiger partial charge in [-0.2, -0.15) is 0 Å². The van der Waals surface area contributed by atoms with Crippen LogP contribution in [0.15, 0.2) is 261 Å². The number of allylic oxidation sites excluding steroid dienone is 2. The highest BCUT2D eigenvalue weighted by Crippen LogP contribution is 2.42. The molecular weight excluding hydrogens is 789 g/mol. The van der Waals surface area contributed by atoms with E-state index in [2.05, 4.69) is 281 Å². The van der Waals surface area contributed by atoms with Crippen LogP contribution in [-0.2, 0) is 0 Å². The molecule has 312 valence electrons. The first-order valence-electron chi connectivity index (χ1n) is 22.5. The minimum atomic E-state index is 0.159. The van der Waals surface area contributed by atoms with Crippen molar-refractivity contribution in [2.45, 2.75) is 12.8 Å². The largest absolute Gasteiger partial charge is 0.337 e. The van der Waals surface area contributed by atoms with Gasteiger partial charge in [-0.1, -0.05) is 153 Å². The van der Waals surface area contributed by atoms with Gasteiger partial charge in [0.2, 0.25) is 0 Å². The summed E-state index contributed by atoms with van der Waals surface area (Å²) in [6, 6.07) is 85.1. The first-order valence-corrected chi connectivity index (χ1v) is 22.5. The van der Waals surface area contributed by atoms with Gasteiger partial charge in [-0.05, 0) is 126 Å². The van der Waals surface area contributed by atoms with Gasteiger partial charge in [0.05, 0.1) is 11.0 Å². The fourth-order valence-electron chi connectivity index (χ4n) is 9.51. The zero-order chi connectivity index (χ0) is 43.5. The van der Waals surface area contributed by atoms with Crippen LogP contribution < -0.4 is 14.7 Å². The Balaban J connectivity index is 0.931. The standard InChI is InChI=1S/C61H48N4/c1-45-43-54(27-18-42-62(48-19-6-2-7-20-48)59-30-16-14-28-56(45)59)63(49-21-8-3-9-22-49)52-36-32-46(33-37-52)47-34-38-53(39-35-47)64(50-23-10-4-11-24-50)55-40-41-61-58(44-55)57-29-15-17-31-60(57)65(61)51-25-12-5-13-26-51/h2-41,43-45H,42H2,1H3/b27-18-,54-43+. The average molecular weight is 837 g/mol. The van der Waals surface area contributed by atoms with Crippen molar-refractivity contribution in [2.24, 2.45) is 0 Å². The maximum Gasteiger partial charge on any atom is 0.0542 e. The molecule has 0 amide bonds. The highest BCUT2D eigenvalue weighted by molar-refractivity contribution is 6.10. The summed E-state index contributed by atoms with van der Waals surface area (Å²) in [7, 11) is 0. The fraction of sp³-hybridized carbons (Fsp3) is 0.0492. The Bertz CT molecular complexity index is 3280. The average Bonchev–Trinajstić information content (AvgIpc) is 3.73. The van der Waals surface area contributed by atoms with Crippen LogP contribution >= 0.6 is 0 Å². The molecule has 0 fully saturated rings. The predicted octanol–water partition coefficient (Wildman–Crippen LogP) is 16.5. The number of hydrogen-bond donors (Lipinski definition) is 0. The van der Waals surface area contributed by atoms with E-state index in [1.54, 1.807) is 0 Å². The van der Waals surface area contributed by atoms with E-state index >= 15 is 0 Å². The number of fused-ring (bicyclic) bond motifs is 4. The molecule has 0 radical (unpaired) electrons. The Kier molecular flexibility index (Phi) is 10.6. The fourth-order valence-corrected chi connectivity index (χ4v) is 9.51. The van der Waals surface area contributed by atoms with Crippen molar-refractivity contribution < 1.29 is 0 Å². The van der Waals surface area contributed by atoms with Gasteiger partial charge < -0.3 is 19.3 Å². The topological polar surface area (TPSA) is 14.7 Å². The lowest BCUT2D eigenvalue weighted by Crippen LogP contribution is -2.18. The zero-order valence-electron chi connectivity index (χ0n) is 36.3. The van der Waals surface area contributed by atoms with Crippen LogP contribution in [0.2, 0.25) is 0 Å². The number of rotatable bonds is 9. The van der Waals surface area contributed by atoms with Crippen molar-refractivity contribution in [3.05, 3.63) is 266 Å². The lowest BCUT2D eigenvalue weighted by molar-refractivity contribution is 0.939. The van der Waals surface area contributed by atoms with E-state index < -0.39 is 0 Å². The summed E-state index contributed by atoms with van der Waals surface area (Å²) in [5.74, 6) is 0.159. The molecule has 65 heavy (non-hydrogen) atoms. The van der Waals surface area contributed by atoms with E-state index in [4.69, 9.17) is 0 Å². The molecule has 11 rings (SSSR count). The van der Waals surface area contributed by atoms with Crippen molar-refractivity contribution in [3.8, 4) is 16.8 Å². The van der Waals surface area contributed by atoms with Crippen molar-refractivity contribution >= 4 is 61.6 Å². The Labute approximate surface area is 381 Å². The summed E-state index contributed by atoms with van der Waals surface area (Å²) in [5, 5.41) is 2.46. The lowest BCUT2D eigenvalue weighted by atomic mass is 9.96. The Morgan fingerprint density at radius 1 is 0.415 bits per heavy atom. The molecule has 0 aliphatic carbocycles. The van der Waals surface area contributed by atoms with Crippen molar-refractivity contribution in [3.63, 3.8) is 0 Å². The molecular formula is C61H48N4. The maximum atomic E-state index is 2.41. The molecule has 0 saturated heterocycles. The Morgan fingerprint density at radius 3 is 1.57 bits per heavy atom. The summed E-state index contributed by atoms with van der Waals surface area (Å²) >= 11 is 0. The molecule has 0 spiro atoms. The molecule has 10 aromatic rings. The van der Waals surface area contributed by atoms with Gasteiger partial charge in [-0.3, -0.25) is 0 Å². The van der Waals surface area contributed by atoms with Gasteiger partial charge in [-0.25, -0.2) is 0 Å². The molecule has 0 saturated carbocycles. The van der Waals surface area contributed by atoms with Crippen LogP contribution in [-0.4, -0.2) is 11.1 Å². The first kappa shape index (κ1) is 39.5. The molecule has 4 heteroatoms. The van der Waals surface area contributed by atoms with Crippen molar-refractivity contribution in [2.75, 3.05) is 21.2 Å². The van der Waals surface area contributed by atoms with E-state index in [-0.39, 0.29) is 5.92 Å². The van der Waals surface area contributed by atoms with E-state index in [9.17, 15) is 0 Å². The lowest BCUT2D eigenvalue weighted by Gasteiger charge is -2.28. The van der Waals surface area contributed by atoms with E-state index in [0.717, 1.165) is 57.5 Å². The number of anilines is 7. The second kappa shape index (κ2) is 17.4. The maximum absolute atomic E-state index is 2.41. The molecule has 2 heterocycles. The molecule has 1 aliphatic heterocycles. The first-order chi connectivity index (χ1) is 32.2. The molecule has 1 atom stereocenters. The second-order valence-corrected chi connectivity index (χ2v) is 16.6. The predicted molar refractivity (Wildman–Crippen MR) is 275 cm³/mol. The third kappa shape index (κ3) is 7.66. The number of hydrogen-bond acceptors (Lipinski definition) is 3. The van der Waals surface area contributed by atoms with Gasteiger partial charge in [0.1, 0.15) is 0 Å². The number of aromatic nitrogens is 1. The molecule has 4 nitrogen and oxygen atoms in total. The molecule has 0 N–H and O–H groups in total. The summed E-state index contributed by atoms with van der Waals surface area (Å²) in [6.07, 6.45) is 6.98. The SMILES string of the molecule is CC1/C=C(N(c2ccccc2)c2ccc(-c3ccc(N(c4ccccc4)c4ccc5c(c4)c4ccccc4n5-c4ccccc4)cc3)cc2)\C=C/CN(c2ccccc2)c2ccccc21. The van der Waals surface area contributed by atoms with E-state index in [1.165, 1.54) is 38.7 Å². The molecule has 0 bridgehead atoms. The second-order valence-electron chi connectivity index (χ2n) is 16.6. The van der Waals surface area contributed by atoms with Crippen LogP contribution in [0.25, 0.3) is 38.6 Å². The number of para-hydroxylation sites is 6. The summed E-state index contributed by atoms with van der Waals surface area (Å²) in [5.41, 5.74) is 16.2. The number of benzene rings is 9. The Morgan fingerprint density at radius 2 is 0.908 bits per heavy atom. The zero-order valence-corrected chi connectivity index (χ0v) is 36.3. The van der Waals surface area contributed by atoms with Gasteiger partial charge in [0, 0.05) is 74.4 Å². The van der Waals surface area contributed by atoms with Crippen molar-refractivity contribution in [1.29, 1.82) is 0 Å². The van der Waals surface area contributed by atoms with Crippen molar-refractivity contribution in [1.82, 2.24) is 4.57 Å². The van der Waals surface area contributed by atoms with Gasteiger partial charge in [0.25, 0.3) is 0 Å². The summed E-state index contributed by atoms with van der Waals surface area (Å²) < 4.78 is 2.37. The van der Waals surface area contributed by atoms with Crippen LogP contribution in [0.4, 0.5) is 39.8 Å². The number of nitrogens with zero attached hydrogens (tertiary/aromatic N) is 4. The third-order valence-corrected chi connectivity index (χ3v) is 12.6. The van der Waals surface area contributed by atoms with Crippen LogP contribution in [0.5, 0.6) is 0 Å². The highest BCUT2D eigenvalue weighted by Gasteiger charge is 2.22. The minimum absolute atomic E-state index is 0.159. The van der Waals surface area contributed by atoms with Gasteiger partial charge in [-0.15, -0.1) is 0 Å². The van der Waals surface area contributed by atoms with E-state index in [1.807, 2.05) is 0 Å². The highest BCUT2D eigenvalue weighted by atomic mass is 15.2.